The summed E-state index contributed by atoms with van der Waals surface area (Å²) >= 11 is 0. The molecule has 68 heavy (non-hydrogen) atoms. The number of carbonyl (C=O) groups is 5. The Balaban J connectivity index is 0.898. The van der Waals surface area contributed by atoms with Crippen LogP contribution < -0.4 is 40.2 Å². The number of nitrogens with two attached hydrogens (primary N) is 1. The third kappa shape index (κ3) is 9.97. The number of unbranched alkanes of at least 4 members (excludes halogenated alkanes) is 2. The van der Waals surface area contributed by atoms with Crippen molar-refractivity contribution in [3.05, 3.63) is 77.4 Å². The van der Waals surface area contributed by atoms with Crippen LogP contribution in [0.1, 0.15) is 92.0 Å². The standard InChI is InChI=1S/C50H61N7O11/c1-28(2)43(51)45(59)53-30(4)44(58)54-32-12-10-31(11-13-32)26-68-49(63)57-37-22-42(40(65-6)20-35(37)47(61)56-27-50(14-15-50)23-38(56)48(57)62)67-17-9-7-8-16-66-41-21-36-34(19-39(41)64-5)46(60)55-25-29(3)18-33(55)24-52-36/h10-13,19-22,24,28,30,33,38,43,48,62H,3,7-9,14-18,23,25-27,51H2,1-2,4-6H3,(H,53,59)(H,54,58)/t30-,33-,38-,43-,48?/m0/s1. The van der Waals surface area contributed by atoms with Crippen molar-refractivity contribution < 1.29 is 52.8 Å². The molecular weight excluding hydrogens is 875 g/mol. The van der Waals surface area contributed by atoms with Gasteiger partial charge in [-0.3, -0.25) is 24.2 Å². The first-order chi connectivity index (χ1) is 32.6. The van der Waals surface area contributed by atoms with E-state index in [4.69, 9.17) is 29.4 Å². The molecule has 4 aliphatic heterocycles. The SMILES string of the molecule is C=C1C[C@H]2C=Nc3cc(OCCCCCOc4cc5c(cc4OC)C(=O)N4CC6(CC6)C[C@H]4C(O)N5C(=O)OCc4ccc(NC(=O)[C@H](C)NC(=O)[C@@H](N)C(C)C)cc4)c(OC)cc3C(=O)N2C1. The molecule has 3 fully saturated rings. The Morgan fingerprint density at radius 2 is 1.53 bits per heavy atom. The van der Waals surface area contributed by atoms with Gasteiger partial charge in [0.25, 0.3) is 11.8 Å². The molecule has 8 rings (SSSR count). The van der Waals surface area contributed by atoms with Gasteiger partial charge in [0, 0.05) is 37.1 Å². The van der Waals surface area contributed by atoms with E-state index in [-0.39, 0.29) is 59.4 Å². The minimum atomic E-state index is -1.41. The van der Waals surface area contributed by atoms with Gasteiger partial charge in [0.1, 0.15) is 12.6 Å². The summed E-state index contributed by atoms with van der Waals surface area (Å²) in [5.74, 6) is 0.127. The van der Waals surface area contributed by atoms with Gasteiger partial charge in [-0.05, 0) is 93.0 Å². The first-order valence-electron chi connectivity index (χ1n) is 23.2. The van der Waals surface area contributed by atoms with Crippen LogP contribution in [0.3, 0.4) is 0 Å². The summed E-state index contributed by atoms with van der Waals surface area (Å²) < 4.78 is 29.5. The highest BCUT2D eigenvalue weighted by atomic mass is 16.6. The zero-order valence-corrected chi connectivity index (χ0v) is 39.2. The molecule has 1 unspecified atom stereocenters. The fraction of sp³-hybridized carbons (Fsp3) is 0.480. The molecule has 5 N–H and O–H groups in total. The highest BCUT2D eigenvalue weighted by molar-refractivity contribution is 6.06. The van der Waals surface area contributed by atoms with E-state index in [9.17, 15) is 29.1 Å². The quantitative estimate of drug-likeness (QED) is 0.0944. The van der Waals surface area contributed by atoms with Gasteiger partial charge >= 0.3 is 6.09 Å². The molecule has 4 heterocycles. The second-order valence-corrected chi connectivity index (χ2v) is 18.8. The van der Waals surface area contributed by atoms with Crippen LogP contribution in [-0.2, 0) is 20.9 Å². The Bertz CT molecular complexity index is 2490. The van der Waals surface area contributed by atoms with Gasteiger partial charge in [-0.15, -0.1) is 0 Å². The Kier molecular flexibility index (Phi) is 14.0. The van der Waals surface area contributed by atoms with Crippen molar-refractivity contribution in [2.75, 3.05) is 50.7 Å². The van der Waals surface area contributed by atoms with Crippen LogP contribution in [0.4, 0.5) is 21.9 Å². The number of anilines is 2. The number of amides is 5. The molecule has 5 atom stereocenters. The van der Waals surface area contributed by atoms with E-state index in [2.05, 4.69) is 22.2 Å². The summed E-state index contributed by atoms with van der Waals surface area (Å²) in [4.78, 5) is 76.1. The molecular formula is C50H61N7O11. The van der Waals surface area contributed by atoms with Gasteiger partial charge in [-0.1, -0.05) is 38.1 Å². The summed E-state index contributed by atoms with van der Waals surface area (Å²) in [7, 11) is 3.01. The number of aliphatic hydroxyl groups is 1. The van der Waals surface area contributed by atoms with Crippen LogP contribution in [0.15, 0.2) is 65.7 Å². The highest BCUT2D eigenvalue weighted by Gasteiger charge is 2.58. The van der Waals surface area contributed by atoms with Gasteiger partial charge in [0.2, 0.25) is 11.8 Å². The number of aliphatic imine (C=N–C) groups is 1. The molecule has 0 aromatic heterocycles. The molecule has 0 bridgehead atoms. The van der Waals surface area contributed by atoms with E-state index < -0.39 is 42.3 Å². The molecule has 1 saturated carbocycles. The van der Waals surface area contributed by atoms with Crippen LogP contribution in [0.25, 0.3) is 0 Å². The zero-order valence-electron chi connectivity index (χ0n) is 39.2. The maximum atomic E-state index is 14.3. The topological polar surface area (TPSA) is 224 Å². The molecule has 3 aromatic carbocycles. The number of methoxy groups -OCH3 is 2. The number of ether oxygens (including phenoxy) is 5. The maximum absolute atomic E-state index is 14.3. The second kappa shape index (κ2) is 19.9. The first kappa shape index (κ1) is 47.8. The number of benzene rings is 3. The minimum absolute atomic E-state index is 0.0800. The van der Waals surface area contributed by atoms with Gasteiger partial charge in [-0.2, -0.15) is 0 Å². The fourth-order valence-corrected chi connectivity index (χ4v) is 9.17. The smallest absolute Gasteiger partial charge is 0.416 e. The fourth-order valence-electron chi connectivity index (χ4n) is 9.17. The Hall–Kier alpha value is -6.66. The predicted molar refractivity (Wildman–Crippen MR) is 253 cm³/mol. The monoisotopic (exact) mass is 935 g/mol. The molecule has 18 heteroatoms. The number of nitrogens with zero attached hydrogens (tertiary/aromatic N) is 4. The minimum Gasteiger partial charge on any atom is -0.493 e. The van der Waals surface area contributed by atoms with Gasteiger partial charge in [0.15, 0.2) is 29.2 Å². The second-order valence-electron chi connectivity index (χ2n) is 18.8. The lowest BCUT2D eigenvalue weighted by atomic mass is 10.0. The summed E-state index contributed by atoms with van der Waals surface area (Å²) in [6.45, 7) is 10.7. The van der Waals surface area contributed by atoms with Crippen LogP contribution in [0.2, 0.25) is 0 Å². The Labute approximate surface area is 395 Å². The van der Waals surface area contributed by atoms with Crippen LogP contribution in [0, 0.1) is 11.3 Å². The van der Waals surface area contributed by atoms with E-state index in [1.165, 1.54) is 14.2 Å². The summed E-state index contributed by atoms with van der Waals surface area (Å²) in [5, 5.41) is 17.4. The lowest BCUT2D eigenvalue weighted by Crippen LogP contribution is -2.50. The van der Waals surface area contributed by atoms with Crippen molar-refractivity contribution in [1.29, 1.82) is 0 Å². The number of fused-ring (bicyclic) bond motifs is 4. The molecule has 2 saturated heterocycles. The molecule has 5 aliphatic rings. The Morgan fingerprint density at radius 3 is 2.18 bits per heavy atom. The number of rotatable bonds is 17. The lowest BCUT2D eigenvalue weighted by Gasteiger charge is -2.31. The molecule has 3 aromatic rings. The van der Waals surface area contributed by atoms with Crippen molar-refractivity contribution in [3.8, 4) is 23.0 Å². The predicted octanol–water partition coefficient (Wildman–Crippen LogP) is 5.71. The van der Waals surface area contributed by atoms with E-state index in [1.807, 2.05) is 13.8 Å². The maximum Gasteiger partial charge on any atom is 0.416 e. The number of aliphatic hydroxyl groups excluding tert-OH is 1. The number of hydrogen-bond acceptors (Lipinski definition) is 13. The largest absolute Gasteiger partial charge is 0.493 e. The van der Waals surface area contributed by atoms with Gasteiger partial charge < -0.3 is 55.0 Å². The van der Waals surface area contributed by atoms with Crippen molar-refractivity contribution in [3.63, 3.8) is 0 Å². The highest BCUT2D eigenvalue weighted by Crippen LogP contribution is 2.57. The number of carbonyl (C=O) groups excluding carboxylic acids is 5. The van der Waals surface area contributed by atoms with Crippen molar-refractivity contribution in [2.24, 2.45) is 22.1 Å². The van der Waals surface area contributed by atoms with Gasteiger partial charge in [-0.25, -0.2) is 9.69 Å². The first-order valence-corrected chi connectivity index (χ1v) is 23.2. The van der Waals surface area contributed by atoms with E-state index in [1.54, 1.807) is 71.5 Å². The average Bonchev–Trinajstić information content (AvgIpc) is 3.87. The molecule has 1 aliphatic carbocycles. The van der Waals surface area contributed by atoms with Crippen molar-refractivity contribution in [2.45, 2.75) is 103 Å². The normalized spacial score (nSPS) is 20.7. The molecule has 1 spiro atoms. The van der Waals surface area contributed by atoms with Crippen LogP contribution in [-0.4, -0.2) is 122 Å². The van der Waals surface area contributed by atoms with Gasteiger partial charge in [0.05, 0.1) is 68.1 Å². The molecule has 18 nitrogen and oxygen atoms in total. The third-order valence-electron chi connectivity index (χ3n) is 13.5. The summed E-state index contributed by atoms with van der Waals surface area (Å²) in [6.07, 6.45) is 4.65. The lowest BCUT2D eigenvalue weighted by molar-refractivity contribution is -0.127. The van der Waals surface area contributed by atoms with E-state index in [0.717, 1.165) is 29.7 Å². The number of nitrogens with one attached hydrogen (secondary N) is 2. The van der Waals surface area contributed by atoms with E-state index >= 15 is 0 Å². The summed E-state index contributed by atoms with van der Waals surface area (Å²) in [6, 6.07) is 10.8. The summed E-state index contributed by atoms with van der Waals surface area (Å²) in [5.41, 5.74) is 9.18. The molecule has 362 valence electrons. The van der Waals surface area contributed by atoms with Crippen LogP contribution in [0.5, 0.6) is 23.0 Å². The van der Waals surface area contributed by atoms with Crippen LogP contribution >= 0.6 is 0 Å². The third-order valence-corrected chi connectivity index (χ3v) is 13.5. The Morgan fingerprint density at radius 1 is 0.882 bits per heavy atom. The van der Waals surface area contributed by atoms with E-state index in [0.29, 0.717) is 85.1 Å². The average molecular weight is 936 g/mol. The van der Waals surface area contributed by atoms with Crippen molar-refractivity contribution in [1.82, 2.24) is 15.1 Å². The molecule has 5 amide bonds. The molecule has 0 radical (unpaired) electrons. The number of hydrogen-bond donors (Lipinski definition) is 4. The van der Waals surface area contributed by atoms with Crippen molar-refractivity contribution >= 4 is 53.0 Å². The zero-order chi connectivity index (χ0) is 48.4.